The zero-order valence-electron chi connectivity index (χ0n) is 24.5. The van der Waals surface area contributed by atoms with Gasteiger partial charge in [-0.05, 0) is 69.1 Å². The number of anilines is 1. The van der Waals surface area contributed by atoms with Crippen molar-refractivity contribution in [3.63, 3.8) is 0 Å². The van der Waals surface area contributed by atoms with Crippen molar-refractivity contribution in [2.24, 2.45) is 11.8 Å². The summed E-state index contributed by atoms with van der Waals surface area (Å²) in [6, 6.07) is 3.86. The highest BCUT2D eigenvalue weighted by Crippen LogP contribution is 2.24. The number of amides is 1. The summed E-state index contributed by atoms with van der Waals surface area (Å²) < 4.78 is 5.85. The number of nitrogens with one attached hydrogen (secondary N) is 1. The molecule has 1 aromatic rings. The summed E-state index contributed by atoms with van der Waals surface area (Å²) in [5.41, 5.74) is -0.0513. The number of carboxylic acids is 1. The maximum atomic E-state index is 13.0. The maximum absolute atomic E-state index is 13.0. The molecule has 0 aromatic heterocycles. The van der Waals surface area contributed by atoms with Crippen molar-refractivity contribution >= 4 is 23.3 Å². The minimum Gasteiger partial charge on any atom is -0.507 e. The molecule has 0 aliphatic rings. The first-order valence-corrected chi connectivity index (χ1v) is 14.3. The van der Waals surface area contributed by atoms with E-state index in [2.05, 4.69) is 54.8 Å². The number of ketones is 1. The summed E-state index contributed by atoms with van der Waals surface area (Å²) >= 11 is 0. The third-order valence-corrected chi connectivity index (χ3v) is 6.12. The van der Waals surface area contributed by atoms with Crippen LogP contribution in [0.2, 0.25) is 0 Å². The van der Waals surface area contributed by atoms with Gasteiger partial charge in [-0.15, -0.1) is 0 Å². The Balaban J connectivity index is 2.54. The quantitative estimate of drug-likeness (QED) is 0.0869. The molecule has 2 unspecified atom stereocenters. The van der Waals surface area contributed by atoms with Gasteiger partial charge in [0, 0.05) is 18.0 Å². The fourth-order valence-corrected chi connectivity index (χ4v) is 4.07. The molecular formula is C33H47NO6. The Morgan fingerprint density at radius 1 is 0.925 bits per heavy atom. The van der Waals surface area contributed by atoms with E-state index in [1.165, 1.54) is 18.2 Å². The number of carboxylic acid groups (broad SMARTS) is 1. The Morgan fingerprint density at radius 2 is 1.52 bits per heavy atom. The van der Waals surface area contributed by atoms with E-state index in [1.54, 1.807) is 0 Å². The maximum Gasteiger partial charge on any atom is 0.339 e. The molecule has 0 aliphatic heterocycles. The van der Waals surface area contributed by atoms with Crippen LogP contribution in [0.4, 0.5) is 5.69 Å². The summed E-state index contributed by atoms with van der Waals surface area (Å²) in [5, 5.41) is 21.6. The number of benzene rings is 1. The van der Waals surface area contributed by atoms with Crippen LogP contribution in [-0.4, -0.2) is 40.6 Å². The normalized spacial score (nSPS) is 13.6. The van der Waals surface area contributed by atoms with E-state index in [0.29, 0.717) is 25.9 Å². The zero-order valence-corrected chi connectivity index (χ0v) is 24.5. The molecular weight excluding hydrogens is 506 g/mol. The Hall–Kier alpha value is -3.45. The Kier molecular flexibility index (Phi) is 17.7. The van der Waals surface area contributed by atoms with E-state index in [-0.39, 0.29) is 41.0 Å². The summed E-state index contributed by atoms with van der Waals surface area (Å²) in [6.45, 7) is 8.39. The second kappa shape index (κ2) is 20.5. The van der Waals surface area contributed by atoms with Crippen molar-refractivity contribution < 1.29 is 29.3 Å². The molecule has 0 fully saturated rings. The molecule has 0 saturated carbocycles. The summed E-state index contributed by atoms with van der Waals surface area (Å²) in [6.07, 6.45) is 22.0. The zero-order chi connectivity index (χ0) is 29.8. The van der Waals surface area contributed by atoms with Gasteiger partial charge in [0.1, 0.15) is 17.4 Å². The highest BCUT2D eigenvalue weighted by atomic mass is 16.5. The summed E-state index contributed by atoms with van der Waals surface area (Å²) in [7, 11) is 0. The van der Waals surface area contributed by atoms with Crippen LogP contribution in [0.3, 0.4) is 0 Å². The Morgan fingerprint density at radius 3 is 2.08 bits per heavy atom. The van der Waals surface area contributed by atoms with Crippen LogP contribution in [0, 0.1) is 11.8 Å². The lowest BCUT2D eigenvalue weighted by molar-refractivity contribution is -0.134. The lowest BCUT2D eigenvalue weighted by Crippen LogP contribution is -2.32. The number of aromatic hydroxyl groups is 1. The molecule has 220 valence electrons. The molecule has 1 aromatic carbocycles. The number of rotatable bonds is 20. The van der Waals surface area contributed by atoms with Crippen LogP contribution >= 0.6 is 0 Å². The van der Waals surface area contributed by atoms with Crippen molar-refractivity contribution in [1.29, 1.82) is 0 Å². The van der Waals surface area contributed by atoms with Gasteiger partial charge in [0.25, 0.3) is 0 Å². The van der Waals surface area contributed by atoms with Gasteiger partial charge in [0.2, 0.25) is 5.91 Å². The molecule has 7 heteroatoms. The SMILES string of the molecule is CC/C=C\C/C=C\C/C=C\C/C=C\CCOC(CC)C(=O)CC(CC(C)C)C(=O)Nc1ccc(O)c(C(=O)O)c1. The number of carbonyl (C=O) groups excluding carboxylic acids is 2. The Labute approximate surface area is 239 Å². The number of carbonyl (C=O) groups is 3. The number of aromatic carboxylic acids is 1. The number of phenols is 1. The van der Waals surface area contributed by atoms with Gasteiger partial charge in [0.15, 0.2) is 5.78 Å². The third-order valence-electron chi connectivity index (χ3n) is 6.12. The van der Waals surface area contributed by atoms with E-state index in [4.69, 9.17) is 4.74 Å². The number of allylic oxidation sites excluding steroid dienone is 7. The lowest BCUT2D eigenvalue weighted by atomic mass is 9.90. The topological polar surface area (TPSA) is 113 Å². The van der Waals surface area contributed by atoms with Gasteiger partial charge in [-0.25, -0.2) is 4.79 Å². The first-order chi connectivity index (χ1) is 19.2. The van der Waals surface area contributed by atoms with Crippen molar-refractivity contribution in [3.05, 3.63) is 72.4 Å². The molecule has 7 nitrogen and oxygen atoms in total. The van der Waals surface area contributed by atoms with Gasteiger partial charge in [-0.2, -0.15) is 0 Å². The first kappa shape index (κ1) is 34.6. The standard InChI is InChI=1S/C33H47NO6/c1-5-7-8-9-10-11-12-13-14-15-16-17-18-21-40-31(6-2)30(36)23-26(22-25(3)4)32(37)34-27-19-20-29(35)28(24-27)33(38)39/h7-8,10-11,13-14,16-17,19-20,24-26,31,35H,5-6,9,12,15,18,21-23H2,1-4H3,(H,34,37)(H,38,39)/b8-7-,11-10-,14-13-,17-16-. The van der Waals surface area contributed by atoms with E-state index >= 15 is 0 Å². The van der Waals surface area contributed by atoms with Crippen LogP contribution < -0.4 is 5.32 Å². The van der Waals surface area contributed by atoms with Crippen molar-refractivity contribution in [2.45, 2.75) is 85.2 Å². The number of Topliss-reactive ketones (excluding diaryl/α,β-unsaturated/α-hetero) is 1. The van der Waals surface area contributed by atoms with Gasteiger partial charge >= 0.3 is 5.97 Å². The predicted octanol–water partition coefficient (Wildman–Crippen LogP) is 7.64. The molecule has 0 saturated heterocycles. The summed E-state index contributed by atoms with van der Waals surface area (Å²) in [4.78, 5) is 37.3. The summed E-state index contributed by atoms with van der Waals surface area (Å²) in [5.74, 6) is -2.56. The predicted molar refractivity (Wildman–Crippen MR) is 162 cm³/mol. The molecule has 1 amide bonds. The van der Waals surface area contributed by atoms with Crippen molar-refractivity contribution in [2.75, 3.05) is 11.9 Å². The second-order valence-corrected chi connectivity index (χ2v) is 10.1. The van der Waals surface area contributed by atoms with Crippen molar-refractivity contribution in [3.8, 4) is 5.75 Å². The average Bonchev–Trinajstić information content (AvgIpc) is 2.91. The van der Waals surface area contributed by atoms with Gasteiger partial charge in [0.05, 0.1) is 6.61 Å². The smallest absolute Gasteiger partial charge is 0.339 e. The molecule has 3 N–H and O–H groups in total. The monoisotopic (exact) mass is 553 g/mol. The van der Waals surface area contributed by atoms with Crippen molar-refractivity contribution in [1.82, 2.24) is 0 Å². The van der Waals surface area contributed by atoms with Gasteiger partial charge in [-0.3, -0.25) is 9.59 Å². The largest absolute Gasteiger partial charge is 0.507 e. The third kappa shape index (κ3) is 14.6. The molecule has 0 heterocycles. The Bertz CT molecular complexity index is 1040. The second-order valence-electron chi connectivity index (χ2n) is 10.1. The lowest BCUT2D eigenvalue weighted by Gasteiger charge is -2.21. The number of hydrogen-bond donors (Lipinski definition) is 3. The molecule has 1 rings (SSSR count). The molecule has 40 heavy (non-hydrogen) atoms. The number of hydrogen-bond acceptors (Lipinski definition) is 5. The molecule has 0 bridgehead atoms. The highest BCUT2D eigenvalue weighted by Gasteiger charge is 2.27. The van der Waals surface area contributed by atoms with Crippen LogP contribution in [0.1, 0.15) is 89.4 Å². The van der Waals surface area contributed by atoms with Crippen LogP contribution in [0.25, 0.3) is 0 Å². The highest BCUT2D eigenvalue weighted by molar-refractivity contribution is 5.98. The van der Waals surface area contributed by atoms with Crippen LogP contribution in [0.5, 0.6) is 5.75 Å². The van der Waals surface area contributed by atoms with Crippen LogP contribution in [0.15, 0.2) is 66.8 Å². The molecule has 2 atom stereocenters. The van der Waals surface area contributed by atoms with Crippen LogP contribution in [-0.2, 0) is 14.3 Å². The average molecular weight is 554 g/mol. The van der Waals surface area contributed by atoms with Gasteiger partial charge < -0.3 is 20.3 Å². The molecule has 0 spiro atoms. The van der Waals surface area contributed by atoms with E-state index in [1.807, 2.05) is 26.8 Å². The minimum atomic E-state index is -1.30. The van der Waals surface area contributed by atoms with Gasteiger partial charge in [-0.1, -0.05) is 76.3 Å². The van der Waals surface area contributed by atoms with E-state index < -0.39 is 18.0 Å². The first-order valence-electron chi connectivity index (χ1n) is 14.3. The van der Waals surface area contributed by atoms with E-state index in [0.717, 1.165) is 25.7 Å². The fraction of sp³-hybridized carbons (Fsp3) is 0.485. The molecule has 0 radical (unpaired) electrons. The fourth-order valence-electron chi connectivity index (χ4n) is 4.07. The number of ether oxygens (including phenoxy) is 1. The van der Waals surface area contributed by atoms with E-state index in [9.17, 15) is 24.6 Å². The molecule has 0 aliphatic carbocycles. The minimum absolute atomic E-state index is 0.0381.